The van der Waals surface area contributed by atoms with Gasteiger partial charge in [-0.05, 0) is 24.6 Å². The predicted molar refractivity (Wildman–Crippen MR) is 59.6 cm³/mol. The summed E-state index contributed by atoms with van der Waals surface area (Å²) in [4.78, 5) is 11.6. The summed E-state index contributed by atoms with van der Waals surface area (Å²) in [5.74, 6) is 0. The van der Waals surface area contributed by atoms with Gasteiger partial charge in [0, 0.05) is 6.07 Å². The zero-order valence-corrected chi connectivity index (χ0v) is 8.90. The van der Waals surface area contributed by atoms with E-state index in [0.29, 0.717) is 10.7 Å². The number of rotatable bonds is 1. The molecule has 0 aliphatic rings. The zero-order valence-electron chi connectivity index (χ0n) is 8.14. The van der Waals surface area contributed by atoms with E-state index >= 15 is 0 Å². The first-order valence-corrected chi connectivity index (χ1v) is 4.87. The molecule has 0 unspecified atom stereocenters. The Morgan fingerprint density at radius 1 is 1.33 bits per heavy atom. The Bertz CT molecular complexity index is 548. The molecule has 0 atom stereocenters. The lowest BCUT2D eigenvalue weighted by molar-refractivity contribution is 0.800. The first kappa shape index (κ1) is 9.93. The van der Waals surface area contributed by atoms with Crippen LogP contribution in [0.1, 0.15) is 5.56 Å². The molecule has 0 spiro atoms. The van der Waals surface area contributed by atoms with Gasteiger partial charge in [-0.25, -0.2) is 0 Å². The van der Waals surface area contributed by atoms with Crippen molar-refractivity contribution in [2.75, 3.05) is 0 Å². The van der Waals surface area contributed by atoms with Gasteiger partial charge in [-0.2, -0.15) is 9.78 Å². The van der Waals surface area contributed by atoms with E-state index in [4.69, 9.17) is 11.6 Å². The maximum atomic E-state index is 11.6. The number of hydrogen-bond acceptors (Lipinski definition) is 2. The quantitative estimate of drug-likeness (QED) is 0.739. The summed E-state index contributed by atoms with van der Waals surface area (Å²) < 4.78 is 1.29. The van der Waals surface area contributed by atoms with Crippen molar-refractivity contribution in [3.05, 3.63) is 57.5 Å². The van der Waals surface area contributed by atoms with Crippen molar-refractivity contribution in [1.82, 2.24) is 9.78 Å². The summed E-state index contributed by atoms with van der Waals surface area (Å²) in [6.45, 7) is 1.82. The molecule has 15 heavy (non-hydrogen) atoms. The Hall–Kier alpha value is -1.61. The van der Waals surface area contributed by atoms with Crippen molar-refractivity contribution >= 4 is 11.6 Å². The molecule has 0 amide bonds. The Morgan fingerprint density at radius 2 is 2.07 bits per heavy atom. The maximum Gasteiger partial charge on any atom is 0.271 e. The molecule has 0 bridgehead atoms. The fourth-order valence-corrected chi connectivity index (χ4v) is 1.52. The standard InChI is InChI=1S/C11H9ClN2O/c1-8-6-11(15)14(13-7-8)10-5-3-2-4-9(10)12/h2-7H,1H3. The van der Waals surface area contributed by atoms with Gasteiger partial charge in [-0.15, -0.1) is 0 Å². The van der Waals surface area contributed by atoms with E-state index in [0.717, 1.165) is 5.56 Å². The van der Waals surface area contributed by atoms with Gasteiger partial charge in [-0.3, -0.25) is 4.79 Å². The van der Waals surface area contributed by atoms with Gasteiger partial charge in [0.2, 0.25) is 0 Å². The van der Waals surface area contributed by atoms with E-state index in [2.05, 4.69) is 5.10 Å². The molecule has 2 aromatic rings. The van der Waals surface area contributed by atoms with Crippen LogP contribution in [0.4, 0.5) is 0 Å². The highest BCUT2D eigenvalue weighted by molar-refractivity contribution is 6.32. The molecule has 0 aliphatic heterocycles. The average Bonchev–Trinajstić information content (AvgIpc) is 2.20. The number of aromatic nitrogens is 2. The summed E-state index contributed by atoms with van der Waals surface area (Å²) in [6, 6.07) is 8.63. The molecule has 0 saturated carbocycles. The molecule has 76 valence electrons. The van der Waals surface area contributed by atoms with E-state index in [1.54, 1.807) is 18.3 Å². The van der Waals surface area contributed by atoms with Gasteiger partial charge >= 0.3 is 0 Å². The van der Waals surface area contributed by atoms with Crippen molar-refractivity contribution in [2.24, 2.45) is 0 Å². The van der Waals surface area contributed by atoms with Crippen LogP contribution in [0.15, 0.2) is 41.3 Å². The monoisotopic (exact) mass is 220 g/mol. The molecule has 1 aromatic carbocycles. The summed E-state index contributed by atoms with van der Waals surface area (Å²) in [5, 5.41) is 4.54. The fourth-order valence-electron chi connectivity index (χ4n) is 1.30. The largest absolute Gasteiger partial charge is 0.271 e. The number of aryl methyl sites for hydroxylation is 1. The van der Waals surface area contributed by atoms with E-state index in [9.17, 15) is 4.79 Å². The number of hydrogen-bond donors (Lipinski definition) is 0. The zero-order chi connectivity index (χ0) is 10.8. The molecule has 1 aromatic heterocycles. The normalized spacial score (nSPS) is 10.3. The predicted octanol–water partition coefficient (Wildman–Crippen LogP) is 2.19. The Balaban J connectivity index is 2.65. The van der Waals surface area contributed by atoms with Crippen molar-refractivity contribution in [3.8, 4) is 5.69 Å². The SMILES string of the molecule is Cc1cnn(-c2ccccc2Cl)c(=O)c1. The Labute approximate surface area is 91.9 Å². The molecule has 4 heteroatoms. The van der Waals surface area contributed by atoms with Gasteiger partial charge in [-0.1, -0.05) is 23.7 Å². The van der Waals surface area contributed by atoms with Crippen LogP contribution >= 0.6 is 11.6 Å². The van der Waals surface area contributed by atoms with Crippen LogP contribution in [0.25, 0.3) is 5.69 Å². The lowest BCUT2D eigenvalue weighted by Crippen LogP contribution is -2.20. The highest BCUT2D eigenvalue weighted by Crippen LogP contribution is 2.16. The molecule has 3 nitrogen and oxygen atoms in total. The summed E-state index contributed by atoms with van der Waals surface area (Å²) in [6.07, 6.45) is 1.63. The molecule has 2 rings (SSSR count). The molecule has 0 radical (unpaired) electrons. The van der Waals surface area contributed by atoms with Gasteiger partial charge in [0.25, 0.3) is 5.56 Å². The highest BCUT2D eigenvalue weighted by atomic mass is 35.5. The van der Waals surface area contributed by atoms with Crippen molar-refractivity contribution in [3.63, 3.8) is 0 Å². The number of para-hydroxylation sites is 1. The van der Waals surface area contributed by atoms with Crippen LogP contribution in [0.5, 0.6) is 0 Å². The second-order valence-corrected chi connectivity index (χ2v) is 3.64. The van der Waals surface area contributed by atoms with Crippen LogP contribution in [0.3, 0.4) is 0 Å². The number of nitrogens with zero attached hydrogens (tertiary/aromatic N) is 2. The Kier molecular flexibility index (Phi) is 2.56. The third-order valence-electron chi connectivity index (χ3n) is 2.02. The minimum atomic E-state index is -0.178. The lowest BCUT2D eigenvalue weighted by atomic mass is 10.3. The Morgan fingerprint density at radius 3 is 2.73 bits per heavy atom. The van der Waals surface area contributed by atoms with E-state index in [1.807, 2.05) is 19.1 Å². The van der Waals surface area contributed by atoms with Crippen LogP contribution in [0, 0.1) is 6.92 Å². The van der Waals surface area contributed by atoms with Crippen LogP contribution in [-0.2, 0) is 0 Å². The van der Waals surface area contributed by atoms with Crippen molar-refractivity contribution in [2.45, 2.75) is 6.92 Å². The minimum Gasteiger partial charge on any atom is -0.267 e. The molecule has 0 fully saturated rings. The number of halogens is 1. The number of benzene rings is 1. The van der Waals surface area contributed by atoms with E-state index in [1.165, 1.54) is 10.7 Å². The molecule has 1 heterocycles. The molecule has 0 saturated heterocycles. The first-order chi connectivity index (χ1) is 7.18. The van der Waals surface area contributed by atoms with Crippen LogP contribution in [0.2, 0.25) is 5.02 Å². The van der Waals surface area contributed by atoms with Crippen LogP contribution < -0.4 is 5.56 Å². The maximum absolute atomic E-state index is 11.6. The highest BCUT2D eigenvalue weighted by Gasteiger charge is 2.04. The minimum absolute atomic E-state index is 0.178. The third kappa shape index (κ3) is 1.92. The van der Waals surface area contributed by atoms with E-state index in [-0.39, 0.29) is 5.56 Å². The molecule has 0 N–H and O–H groups in total. The topological polar surface area (TPSA) is 34.9 Å². The van der Waals surface area contributed by atoms with Gasteiger partial charge < -0.3 is 0 Å². The smallest absolute Gasteiger partial charge is 0.267 e. The molecular weight excluding hydrogens is 212 g/mol. The van der Waals surface area contributed by atoms with Crippen molar-refractivity contribution < 1.29 is 0 Å². The first-order valence-electron chi connectivity index (χ1n) is 4.49. The summed E-state index contributed by atoms with van der Waals surface area (Å²) in [7, 11) is 0. The van der Waals surface area contributed by atoms with Gasteiger partial charge in [0.15, 0.2) is 0 Å². The van der Waals surface area contributed by atoms with Crippen LogP contribution in [-0.4, -0.2) is 9.78 Å². The van der Waals surface area contributed by atoms with E-state index < -0.39 is 0 Å². The van der Waals surface area contributed by atoms with Crippen molar-refractivity contribution in [1.29, 1.82) is 0 Å². The third-order valence-corrected chi connectivity index (χ3v) is 2.34. The average molecular weight is 221 g/mol. The summed E-state index contributed by atoms with van der Waals surface area (Å²) >= 11 is 5.97. The fraction of sp³-hybridized carbons (Fsp3) is 0.0909. The second-order valence-electron chi connectivity index (χ2n) is 3.23. The molecular formula is C11H9ClN2O. The lowest BCUT2D eigenvalue weighted by Gasteiger charge is -2.05. The summed E-state index contributed by atoms with van der Waals surface area (Å²) in [5.41, 5.74) is 1.26. The van der Waals surface area contributed by atoms with Gasteiger partial charge in [0.1, 0.15) is 0 Å². The molecule has 0 aliphatic carbocycles. The van der Waals surface area contributed by atoms with Gasteiger partial charge in [0.05, 0.1) is 16.9 Å². The second kappa shape index (κ2) is 3.87.